The molecule has 34 heavy (non-hydrogen) atoms. The summed E-state index contributed by atoms with van der Waals surface area (Å²) >= 11 is -1.49. The third kappa shape index (κ3) is 11.8. The van der Waals surface area contributed by atoms with E-state index in [2.05, 4.69) is 34.8 Å². The van der Waals surface area contributed by atoms with Crippen LogP contribution in [0.25, 0.3) is 0 Å². The van der Waals surface area contributed by atoms with Crippen LogP contribution >= 0.6 is 15.9 Å². The number of carbonyl (C=O) groups is 2. The number of rotatable bonds is 7. The minimum absolute atomic E-state index is 0.00438. The molecular formula is C22H24AsBrN2O8. The first-order valence-electron chi connectivity index (χ1n) is 9.50. The number of anilines is 1. The average molecular weight is 599 g/mol. The maximum absolute atomic E-state index is 11.2. The molecule has 0 radical (unpaired) electrons. The minimum Gasteiger partial charge on any atom is -0.471 e. The normalized spacial score (nSPS) is 11.3. The van der Waals surface area contributed by atoms with Gasteiger partial charge >= 0.3 is 88.4 Å². The summed E-state index contributed by atoms with van der Waals surface area (Å²) in [6.07, 6.45) is 1.70. The molecule has 1 heterocycles. The summed E-state index contributed by atoms with van der Waals surface area (Å²) in [5, 5.41) is 10.7. The summed E-state index contributed by atoms with van der Waals surface area (Å²) in [5.41, 5.74) is 1.65. The molecule has 3 aromatic rings. The molecule has 0 aliphatic heterocycles. The van der Waals surface area contributed by atoms with Crippen molar-refractivity contribution in [2.75, 3.05) is 12.4 Å². The van der Waals surface area contributed by atoms with Gasteiger partial charge in [0.15, 0.2) is 0 Å². The van der Waals surface area contributed by atoms with E-state index in [0.29, 0.717) is 18.8 Å². The summed E-state index contributed by atoms with van der Waals surface area (Å²) in [6.45, 7) is 2.30. The molecule has 0 fully saturated rings. The van der Waals surface area contributed by atoms with E-state index in [0.717, 1.165) is 15.9 Å². The predicted molar refractivity (Wildman–Crippen MR) is 129 cm³/mol. The first-order valence-corrected chi connectivity index (χ1v) is 13.6. The molecule has 182 valence electrons. The third-order valence-corrected chi connectivity index (χ3v) is 6.60. The zero-order valence-electron chi connectivity index (χ0n) is 18.3. The van der Waals surface area contributed by atoms with Gasteiger partial charge in [0.05, 0.1) is 13.3 Å². The monoisotopic (exact) mass is 598 g/mol. The zero-order valence-corrected chi connectivity index (χ0v) is 21.8. The molecular weight excluding hydrogens is 575 g/mol. The van der Waals surface area contributed by atoms with Crippen LogP contribution in [-0.2, 0) is 28.5 Å². The average Bonchev–Trinajstić information content (AvgIpc) is 2.85. The zero-order chi connectivity index (χ0) is 25.4. The number of nitrogens with zero attached hydrogens (tertiary/aromatic N) is 1. The summed E-state index contributed by atoms with van der Waals surface area (Å²) < 4.78 is 34.1. The van der Waals surface area contributed by atoms with Gasteiger partial charge in [-0.05, 0) is 33.6 Å². The standard InChI is InChI=1S/C12H10BrNO.C8H10AsNO5.C2H4O2/c13-12-7-6-11(8-14-12)15-9-10-4-2-1-3-5-10;1-6(11)10-8-4-2-7(3-5-8)9(12,13)15-14;1-4-2-3/h1-8H,9H2;2-5,14H,1H3,(H,10,11)(H,12,13);2H,1H3. The molecule has 0 spiro atoms. The molecule has 0 aliphatic rings. The van der Waals surface area contributed by atoms with E-state index >= 15 is 0 Å². The van der Waals surface area contributed by atoms with Crippen LogP contribution in [-0.4, -0.2) is 48.0 Å². The molecule has 0 aliphatic carbocycles. The molecule has 3 rings (SSSR count). The Balaban J connectivity index is 0.000000294. The quantitative estimate of drug-likeness (QED) is 0.123. The van der Waals surface area contributed by atoms with Crippen LogP contribution in [0.3, 0.4) is 0 Å². The van der Waals surface area contributed by atoms with E-state index in [9.17, 15) is 8.53 Å². The Bertz CT molecular complexity index is 1050. The van der Waals surface area contributed by atoms with Gasteiger partial charge in [-0.3, -0.25) is 4.79 Å². The molecule has 0 saturated heterocycles. The van der Waals surface area contributed by atoms with Crippen LogP contribution in [0, 0.1) is 0 Å². The van der Waals surface area contributed by atoms with Gasteiger partial charge in [-0.2, -0.15) is 0 Å². The van der Waals surface area contributed by atoms with E-state index < -0.39 is 14.2 Å². The van der Waals surface area contributed by atoms with Crippen molar-refractivity contribution in [3.63, 3.8) is 0 Å². The second kappa shape index (κ2) is 15.8. The second-order valence-electron chi connectivity index (χ2n) is 6.25. The van der Waals surface area contributed by atoms with Crippen molar-refractivity contribution in [2.45, 2.75) is 13.5 Å². The number of hydrogen-bond donors (Lipinski definition) is 3. The van der Waals surface area contributed by atoms with Crippen molar-refractivity contribution in [2.24, 2.45) is 0 Å². The molecule has 1 amide bonds. The number of ether oxygens (including phenoxy) is 2. The Morgan fingerprint density at radius 2 is 1.74 bits per heavy atom. The summed E-state index contributed by atoms with van der Waals surface area (Å²) in [6, 6.07) is 19.3. The maximum Gasteiger partial charge on any atom is 0.292 e. The fourth-order valence-corrected chi connectivity index (χ4v) is 3.71. The predicted octanol–water partition coefficient (Wildman–Crippen LogP) is 2.92. The number of aromatic nitrogens is 1. The van der Waals surface area contributed by atoms with Crippen molar-refractivity contribution in [3.8, 4) is 5.75 Å². The third-order valence-electron chi connectivity index (χ3n) is 3.67. The summed E-state index contributed by atoms with van der Waals surface area (Å²) in [7, 11) is 1.31. The van der Waals surface area contributed by atoms with E-state index in [-0.39, 0.29) is 10.3 Å². The Hall–Kier alpha value is -2.95. The molecule has 0 saturated carbocycles. The van der Waals surface area contributed by atoms with Gasteiger partial charge in [0.2, 0.25) is 0 Å². The van der Waals surface area contributed by atoms with Crippen LogP contribution in [0.15, 0.2) is 77.5 Å². The Morgan fingerprint density at radius 1 is 1.12 bits per heavy atom. The summed E-state index contributed by atoms with van der Waals surface area (Å²) in [4.78, 5) is 23.7. The number of carbonyl (C=O) groups excluding carboxylic acids is 2. The van der Waals surface area contributed by atoms with Crippen LogP contribution in [0.1, 0.15) is 12.5 Å². The van der Waals surface area contributed by atoms with Gasteiger partial charge in [-0.25, -0.2) is 4.98 Å². The number of hydrogen-bond acceptors (Lipinski definition) is 8. The Labute approximate surface area is 207 Å². The second-order valence-corrected chi connectivity index (χ2v) is 10.7. The molecule has 1 unspecified atom stereocenters. The van der Waals surface area contributed by atoms with Gasteiger partial charge in [-0.1, -0.05) is 30.3 Å². The number of benzene rings is 2. The Kier molecular flexibility index (Phi) is 13.5. The van der Waals surface area contributed by atoms with E-state index in [1.807, 2.05) is 42.5 Å². The van der Waals surface area contributed by atoms with Gasteiger partial charge in [-0.15, -0.1) is 0 Å². The minimum atomic E-state index is -4.76. The van der Waals surface area contributed by atoms with E-state index in [4.69, 9.17) is 18.9 Å². The molecule has 3 N–H and O–H groups in total. The van der Waals surface area contributed by atoms with Gasteiger partial charge in [0.25, 0.3) is 6.47 Å². The van der Waals surface area contributed by atoms with Crippen LogP contribution in [0.2, 0.25) is 0 Å². The van der Waals surface area contributed by atoms with Gasteiger partial charge in [0, 0.05) is 0 Å². The smallest absolute Gasteiger partial charge is 0.292 e. The topological polar surface area (TPSA) is 144 Å². The van der Waals surface area contributed by atoms with Crippen LogP contribution in [0.5, 0.6) is 5.75 Å². The fraction of sp³-hybridized carbons (Fsp3) is 0.136. The number of nitrogens with one attached hydrogen (secondary N) is 1. The number of methoxy groups -OCH3 is 1. The molecule has 12 heteroatoms. The largest absolute Gasteiger partial charge is 0.471 e. The van der Waals surface area contributed by atoms with Crippen molar-refractivity contribution < 1.29 is 36.0 Å². The SMILES string of the molecule is Brc1ccc(OCc2ccccc2)cn1.CC(=O)Nc1ccc([As](=O)(O)OO)cc1.COC=O. The van der Waals surface area contributed by atoms with Gasteiger partial charge in [0.1, 0.15) is 17.0 Å². The maximum atomic E-state index is 11.2. The van der Waals surface area contributed by atoms with Crippen molar-refractivity contribution >= 4 is 52.5 Å². The first-order chi connectivity index (χ1) is 16.2. The summed E-state index contributed by atoms with van der Waals surface area (Å²) in [5.74, 6) is 0.542. The fourth-order valence-electron chi connectivity index (χ4n) is 2.17. The number of halogens is 1. The van der Waals surface area contributed by atoms with E-state index in [1.165, 1.54) is 38.3 Å². The van der Waals surface area contributed by atoms with E-state index in [1.54, 1.807) is 6.20 Å². The molecule has 10 nitrogen and oxygen atoms in total. The Morgan fingerprint density at radius 3 is 2.21 bits per heavy atom. The molecule has 0 bridgehead atoms. The van der Waals surface area contributed by atoms with Crippen molar-refractivity contribution in [1.82, 2.24) is 4.98 Å². The van der Waals surface area contributed by atoms with Crippen LogP contribution in [0.4, 0.5) is 5.69 Å². The van der Waals surface area contributed by atoms with Crippen molar-refractivity contribution in [1.29, 1.82) is 0 Å². The van der Waals surface area contributed by atoms with Crippen LogP contribution < -0.4 is 14.4 Å². The van der Waals surface area contributed by atoms with Crippen molar-refractivity contribution in [3.05, 3.63) is 83.1 Å². The molecule has 2 aromatic carbocycles. The van der Waals surface area contributed by atoms with Gasteiger partial charge < -0.3 is 9.47 Å². The number of amides is 1. The molecule has 1 atom stereocenters. The first kappa shape index (κ1) is 29.1. The number of pyridine rings is 1. The molecule has 1 aromatic heterocycles.